The fourth-order valence-electron chi connectivity index (χ4n) is 1.17. The molecule has 0 amide bonds. The Balaban J connectivity index is 2.98. The van der Waals surface area contributed by atoms with E-state index in [0.717, 1.165) is 5.56 Å². The van der Waals surface area contributed by atoms with Crippen molar-refractivity contribution >= 4 is 34.6 Å². The molecule has 0 unspecified atom stereocenters. The molecule has 1 rings (SSSR count). The Kier molecular flexibility index (Phi) is 4.83. The van der Waals surface area contributed by atoms with Crippen molar-refractivity contribution in [1.29, 1.82) is 0 Å². The molecule has 1 aromatic rings. The van der Waals surface area contributed by atoms with E-state index in [4.69, 9.17) is 11.6 Å². The van der Waals surface area contributed by atoms with Gasteiger partial charge in [0.05, 0.1) is 18.4 Å². The standard InChI is InChI=1S/C11H11ClO3S/c1-7-3-4-9(16-6-10(12)13)8(5-7)11(14)15-2/h3-5H,6H2,1-2H3. The molecule has 0 spiro atoms. The van der Waals surface area contributed by atoms with Crippen LogP contribution < -0.4 is 0 Å². The van der Waals surface area contributed by atoms with Gasteiger partial charge in [-0.05, 0) is 30.7 Å². The predicted octanol–water partition coefficient (Wildman–Crippen LogP) is 2.64. The van der Waals surface area contributed by atoms with Crippen molar-refractivity contribution in [3.63, 3.8) is 0 Å². The highest BCUT2D eigenvalue weighted by Crippen LogP contribution is 2.24. The summed E-state index contributed by atoms with van der Waals surface area (Å²) in [6.07, 6.45) is 0. The summed E-state index contributed by atoms with van der Waals surface area (Å²) in [7, 11) is 1.33. The van der Waals surface area contributed by atoms with E-state index >= 15 is 0 Å². The van der Waals surface area contributed by atoms with Crippen LogP contribution in [-0.2, 0) is 9.53 Å². The number of benzene rings is 1. The molecule has 5 heteroatoms. The van der Waals surface area contributed by atoms with Crippen LogP contribution in [0, 0.1) is 6.92 Å². The van der Waals surface area contributed by atoms with Gasteiger partial charge in [-0.2, -0.15) is 0 Å². The number of methoxy groups -OCH3 is 1. The summed E-state index contributed by atoms with van der Waals surface area (Å²) < 4.78 is 4.67. The van der Waals surface area contributed by atoms with E-state index in [2.05, 4.69) is 4.74 Å². The van der Waals surface area contributed by atoms with Gasteiger partial charge in [0.15, 0.2) is 0 Å². The molecule has 86 valence electrons. The first kappa shape index (κ1) is 13.1. The SMILES string of the molecule is COC(=O)c1cc(C)ccc1SCC(=O)Cl. The zero-order chi connectivity index (χ0) is 12.1. The molecule has 0 N–H and O–H groups in total. The lowest BCUT2D eigenvalue weighted by atomic mass is 10.1. The average molecular weight is 259 g/mol. The quantitative estimate of drug-likeness (QED) is 0.473. The summed E-state index contributed by atoms with van der Waals surface area (Å²) in [5.74, 6) is -0.276. The maximum Gasteiger partial charge on any atom is 0.339 e. The van der Waals surface area contributed by atoms with Crippen LogP contribution in [0.3, 0.4) is 0 Å². The number of hydrogen-bond acceptors (Lipinski definition) is 4. The van der Waals surface area contributed by atoms with Crippen molar-refractivity contribution in [1.82, 2.24) is 0 Å². The largest absolute Gasteiger partial charge is 0.465 e. The van der Waals surface area contributed by atoms with Gasteiger partial charge in [0.25, 0.3) is 0 Å². The Morgan fingerprint density at radius 2 is 2.12 bits per heavy atom. The first-order valence-corrected chi connectivity index (χ1v) is 5.91. The Labute approximate surface area is 103 Å². The number of carbonyl (C=O) groups excluding carboxylic acids is 2. The topological polar surface area (TPSA) is 43.4 Å². The molecule has 1 aromatic carbocycles. The molecule has 0 aliphatic carbocycles. The molecule has 0 radical (unpaired) electrons. The van der Waals surface area contributed by atoms with Crippen LogP contribution in [0.5, 0.6) is 0 Å². The van der Waals surface area contributed by atoms with Crippen molar-refractivity contribution in [2.45, 2.75) is 11.8 Å². The lowest BCUT2D eigenvalue weighted by Gasteiger charge is -2.07. The third-order valence-electron chi connectivity index (χ3n) is 1.88. The minimum Gasteiger partial charge on any atom is -0.465 e. The summed E-state index contributed by atoms with van der Waals surface area (Å²) in [5, 5.41) is -0.443. The highest BCUT2D eigenvalue weighted by atomic mass is 35.5. The summed E-state index contributed by atoms with van der Waals surface area (Å²) in [4.78, 5) is 22.8. The maximum absolute atomic E-state index is 11.5. The molecular formula is C11H11ClO3S. The van der Waals surface area contributed by atoms with Crippen LogP contribution in [0.1, 0.15) is 15.9 Å². The molecule has 0 saturated heterocycles. The van der Waals surface area contributed by atoms with E-state index in [9.17, 15) is 9.59 Å². The van der Waals surface area contributed by atoms with Crippen molar-refractivity contribution in [3.8, 4) is 0 Å². The Morgan fingerprint density at radius 3 is 2.69 bits per heavy atom. The maximum atomic E-state index is 11.5. The fourth-order valence-corrected chi connectivity index (χ4v) is 2.07. The van der Waals surface area contributed by atoms with Crippen molar-refractivity contribution in [2.75, 3.05) is 12.9 Å². The van der Waals surface area contributed by atoms with E-state index in [-0.39, 0.29) is 5.75 Å². The second kappa shape index (κ2) is 5.92. The van der Waals surface area contributed by atoms with Crippen LogP contribution in [0.15, 0.2) is 23.1 Å². The minimum absolute atomic E-state index is 0.134. The average Bonchev–Trinajstić information content (AvgIpc) is 2.26. The van der Waals surface area contributed by atoms with Gasteiger partial charge in [0.2, 0.25) is 5.24 Å². The number of rotatable bonds is 4. The number of thioether (sulfide) groups is 1. The molecule has 0 atom stereocenters. The molecule has 16 heavy (non-hydrogen) atoms. The first-order valence-electron chi connectivity index (χ1n) is 4.54. The number of carbonyl (C=O) groups is 2. The van der Waals surface area contributed by atoms with Crippen molar-refractivity contribution < 1.29 is 14.3 Å². The van der Waals surface area contributed by atoms with Crippen molar-refractivity contribution in [3.05, 3.63) is 29.3 Å². The number of ether oxygens (including phenoxy) is 1. The van der Waals surface area contributed by atoms with Gasteiger partial charge in [0, 0.05) is 4.90 Å². The molecule has 0 aliphatic rings. The normalized spacial score (nSPS) is 9.94. The van der Waals surface area contributed by atoms with E-state index in [1.54, 1.807) is 12.1 Å². The number of aryl methyl sites for hydroxylation is 1. The highest BCUT2D eigenvalue weighted by Gasteiger charge is 2.13. The summed E-state index contributed by atoms with van der Waals surface area (Å²) in [6, 6.07) is 5.38. The highest BCUT2D eigenvalue weighted by molar-refractivity contribution is 8.00. The molecule has 0 bridgehead atoms. The van der Waals surface area contributed by atoms with E-state index in [0.29, 0.717) is 10.5 Å². The third kappa shape index (κ3) is 3.54. The molecule has 0 aliphatic heterocycles. The van der Waals surface area contributed by atoms with Gasteiger partial charge >= 0.3 is 5.97 Å². The summed E-state index contributed by atoms with van der Waals surface area (Å²) in [5.41, 5.74) is 1.42. The van der Waals surface area contributed by atoms with Gasteiger partial charge in [-0.25, -0.2) is 4.79 Å². The Bertz CT molecular complexity index is 418. The summed E-state index contributed by atoms with van der Waals surface area (Å²) >= 11 is 6.47. The number of esters is 1. The fraction of sp³-hybridized carbons (Fsp3) is 0.273. The van der Waals surface area contributed by atoms with E-state index < -0.39 is 11.2 Å². The molecule has 0 heterocycles. The van der Waals surface area contributed by atoms with Crippen LogP contribution in [0.2, 0.25) is 0 Å². The second-order valence-corrected chi connectivity index (χ2v) is 4.57. The third-order valence-corrected chi connectivity index (χ3v) is 3.25. The van der Waals surface area contributed by atoms with Crippen LogP contribution >= 0.6 is 23.4 Å². The molecular weight excluding hydrogens is 248 g/mol. The Morgan fingerprint density at radius 1 is 1.44 bits per heavy atom. The monoisotopic (exact) mass is 258 g/mol. The molecule has 0 fully saturated rings. The number of hydrogen-bond donors (Lipinski definition) is 0. The van der Waals surface area contributed by atoms with Gasteiger partial charge in [-0.15, -0.1) is 11.8 Å². The Hall–Kier alpha value is -1.00. The summed E-state index contributed by atoms with van der Waals surface area (Å²) in [6.45, 7) is 1.88. The van der Waals surface area contributed by atoms with Crippen LogP contribution in [0.4, 0.5) is 0 Å². The van der Waals surface area contributed by atoms with Gasteiger partial charge < -0.3 is 4.74 Å². The van der Waals surface area contributed by atoms with E-state index in [1.165, 1.54) is 18.9 Å². The van der Waals surface area contributed by atoms with Crippen LogP contribution in [0.25, 0.3) is 0 Å². The molecule has 0 aromatic heterocycles. The van der Waals surface area contributed by atoms with E-state index in [1.807, 2.05) is 13.0 Å². The lowest BCUT2D eigenvalue weighted by molar-refractivity contribution is -0.109. The lowest BCUT2D eigenvalue weighted by Crippen LogP contribution is -2.04. The number of halogens is 1. The van der Waals surface area contributed by atoms with Crippen molar-refractivity contribution in [2.24, 2.45) is 0 Å². The van der Waals surface area contributed by atoms with Crippen LogP contribution in [-0.4, -0.2) is 24.1 Å². The van der Waals surface area contributed by atoms with Gasteiger partial charge in [-0.1, -0.05) is 11.6 Å². The first-order chi connectivity index (χ1) is 7.54. The molecule has 3 nitrogen and oxygen atoms in total. The predicted molar refractivity (Wildman–Crippen MR) is 64.1 cm³/mol. The zero-order valence-electron chi connectivity index (χ0n) is 8.95. The molecule has 0 saturated carbocycles. The zero-order valence-corrected chi connectivity index (χ0v) is 10.5. The minimum atomic E-state index is -0.443. The van der Waals surface area contributed by atoms with Gasteiger partial charge in [0.1, 0.15) is 0 Å². The smallest absolute Gasteiger partial charge is 0.339 e. The second-order valence-electron chi connectivity index (χ2n) is 3.13. The van der Waals surface area contributed by atoms with Gasteiger partial charge in [-0.3, -0.25) is 4.79 Å².